The number of aryl methyl sites for hydroxylation is 2. The first-order valence-corrected chi connectivity index (χ1v) is 8.14. The first-order valence-electron chi connectivity index (χ1n) is 8.14. The van der Waals surface area contributed by atoms with Crippen LogP contribution in [0.3, 0.4) is 0 Å². The van der Waals surface area contributed by atoms with Crippen molar-refractivity contribution < 1.29 is 9.84 Å². The minimum Gasteiger partial charge on any atom is -0.389 e. The van der Waals surface area contributed by atoms with E-state index in [2.05, 4.69) is 15.4 Å². The van der Waals surface area contributed by atoms with E-state index in [1.807, 2.05) is 41.9 Å². The number of benzene rings is 1. The molecule has 2 aromatic rings. The molecule has 0 saturated carbocycles. The molecule has 1 aliphatic heterocycles. The molecule has 0 saturated heterocycles. The highest BCUT2D eigenvalue weighted by Crippen LogP contribution is 2.12. The molecule has 6 heteroatoms. The van der Waals surface area contributed by atoms with Gasteiger partial charge in [-0.3, -0.25) is 0 Å². The lowest BCUT2D eigenvalue weighted by atomic mass is 10.1. The first kappa shape index (κ1) is 16.1. The van der Waals surface area contributed by atoms with Crippen molar-refractivity contribution in [3.8, 4) is 0 Å². The SMILES string of the molecule is Cc1nc2n(n1)C[C@H](NC[C@H](O)COCc1ccccc1)CC2. The Kier molecular flexibility index (Phi) is 5.38. The number of aromatic nitrogens is 3. The summed E-state index contributed by atoms with van der Waals surface area (Å²) in [7, 11) is 0. The highest BCUT2D eigenvalue weighted by molar-refractivity contribution is 5.13. The van der Waals surface area contributed by atoms with E-state index in [-0.39, 0.29) is 0 Å². The molecule has 2 atom stereocenters. The maximum absolute atomic E-state index is 10.0. The summed E-state index contributed by atoms with van der Waals surface area (Å²) >= 11 is 0. The fraction of sp³-hybridized carbons (Fsp3) is 0.529. The molecular formula is C17H24N4O2. The summed E-state index contributed by atoms with van der Waals surface area (Å²) in [5.74, 6) is 1.89. The molecule has 124 valence electrons. The van der Waals surface area contributed by atoms with Gasteiger partial charge in [0.25, 0.3) is 0 Å². The Balaban J connectivity index is 1.35. The van der Waals surface area contributed by atoms with E-state index in [1.54, 1.807) is 0 Å². The van der Waals surface area contributed by atoms with E-state index in [4.69, 9.17) is 4.74 Å². The predicted molar refractivity (Wildman–Crippen MR) is 87.0 cm³/mol. The molecule has 1 aliphatic rings. The van der Waals surface area contributed by atoms with Crippen LogP contribution in [0.4, 0.5) is 0 Å². The van der Waals surface area contributed by atoms with Crippen molar-refractivity contribution in [3.63, 3.8) is 0 Å². The van der Waals surface area contributed by atoms with Gasteiger partial charge in [0.05, 0.1) is 25.9 Å². The van der Waals surface area contributed by atoms with E-state index in [0.29, 0.717) is 25.8 Å². The third kappa shape index (κ3) is 4.60. The van der Waals surface area contributed by atoms with E-state index in [0.717, 1.165) is 36.6 Å². The molecule has 0 radical (unpaired) electrons. The van der Waals surface area contributed by atoms with Crippen LogP contribution in [0.25, 0.3) is 0 Å². The number of rotatable bonds is 7. The largest absolute Gasteiger partial charge is 0.389 e. The molecule has 3 rings (SSSR count). The van der Waals surface area contributed by atoms with E-state index in [9.17, 15) is 5.11 Å². The van der Waals surface area contributed by atoms with Crippen molar-refractivity contribution in [1.82, 2.24) is 20.1 Å². The van der Waals surface area contributed by atoms with E-state index >= 15 is 0 Å². The summed E-state index contributed by atoms with van der Waals surface area (Å²) in [6, 6.07) is 10.3. The summed E-state index contributed by atoms with van der Waals surface area (Å²) in [6.45, 7) is 4.13. The Labute approximate surface area is 136 Å². The van der Waals surface area contributed by atoms with Crippen LogP contribution in [-0.2, 0) is 24.3 Å². The second-order valence-corrected chi connectivity index (χ2v) is 6.06. The highest BCUT2D eigenvalue weighted by Gasteiger charge is 2.21. The van der Waals surface area contributed by atoms with Gasteiger partial charge in [0, 0.05) is 19.0 Å². The summed E-state index contributed by atoms with van der Waals surface area (Å²) < 4.78 is 7.53. The standard InChI is InChI=1S/C17H24N4O2/c1-13-19-17-8-7-15(10-21(17)20-13)18-9-16(22)12-23-11-14-5-3-2-4-6-14/h2-6,15-16,18,22H,7-12H2,1H3/t15-,16+/m1/s1. The number of aliphatic hydroxyl groups is 1. The number of nitrogens with one attached hydrogen (secondary N) is 1. The quantitative estimate of drug-likeness (QED) is 0.799. The molecule has 2 heterocycles. The molecular weight excluding hydrogens is 292 g/mol. The van der Waals surface area contributed by atoms with Crippen molar-refractivity contribution in [2.45, 2.75) is 45.1 Å². The van der Waals surface area contributed by atoms with Gasteiger partial charge in [0.2, 0.25) is 0 Å². The second-order valence-electron chi connectivity index (χ2n) is 6.06. The molecule has 0 unspecified atom stereocenters. The van der Waals surface area contributed by atoms with Crippen LogP contribution in [0.2, 0.25) is 0 Å². The molecule has 23 heavy (non-hydrogen) atoms. The minimum absolute atomic E-state index is 0.326. The zero-order valence-corrected chi connectivity index (χ0v) is 13.5. The van der Waals surface area contributed by atoms with Crippen LogP contribution in [-0.4, -0.2) is 45.2 Å². The zero-order chi connectivity index (χ0) is 16.1. The van der Waals surface area contributed by atoms with Gasteiger partial charge < -0.3 is 15.2 Å². The molecule has 0 amide bonds. The van der Waals surface area contributed by atoms with Crippen molar-refractivity contribution in [2.75, 3.05) is 13.2 Å². The Morgan fingerprint density at radius 3 is 3.04 bits per heavy atom. The fourth-order valence-corrected chi connectivity index (χ4v) is 2.85. The van der Waals surface area contributed by atoms with Crippen LogP contribution < -0.4 is 5.32 Å². The van der Waals surface area contributed by atoms with Gasteiger partial charge in [-0.15, -0.1) is 0 Å². The lowest BCUT2D eigenvalue weighted by Gasteiger charge is -2.24. The second kappa shape index (κ2) is 7.68. The molecule has 0 aliphatic carbocycles. The summed E-state index contributed by atoms with van der Waals surface area (Å²) in [5.41, 5.74) is 1.12. The number of fused-ring (bicyclic) bond motifs is 1. The number of ether oxygens (including phenoxy) is 1. The Hall–Kier alpha value is -1.76. The van der Waals surface area contributed by atoms with Crippen LogP contribution in [0, 0.1) is 6.92 Å². The summed E-state index contributed by atoms with van der Waals surface area (Å²) in [4.78, 5) is 4.40. The molecule has 6 nitrogen and oxygen atoms in total. The van der Waals surface area contributed by atoms with Gasteiger partial charge in [0.15, 0.2) is 0 Å². The van der Waals surface area contributed by atoms with Crippen LogP contribution in [0.1, 0.15) is 23.6 Å². The highest BCUT2D eigenvalue weighted by atomic mass is 16.5. The minimum atomic E-state index is -0.502. The molecule has 0 spiro atoms. The molecule has 1 aromatic carbocycles. The van der Waals surface area contributed by atoms with Crippen molar-refractivity contribution >= 4 is 0 Å². The maximum Gasteiger partial charge on any atom is 0.147 e. The van der Waals surface area contributed by atoms with Gasteiger partial charge in [0.1, 0.15) is 11.6 Å². The average molecular weight is 316 g/mol. The summed E-state index contributed by atoms with van der Waals surface area (Å²) in [6.07, 6.45) is 1.45. The maximum atomic E-state index is 10.0. The van der Waals surface area contributed by atoms with Gasteiger partial charge in [-0.1, -0.05) is 30.3 Å². The first-order chi connectivity index (χ1) is 11.2. The van der Waals surface area contributed by atoms with E-state index < -0.39 is 6.10 Å². The topological polar surface area (TPSA) is 72.2 Å². The Bertz CT molecular complexity index is 614. The summed E-state index contributed by atoms with van der Waals surface area (Å²) in [5, 5.41) is 17.8. The third-order valence-corrected chi connectivity index (χ3v) is 4.03. The van der Waals surface area contributed by atoms with Crippen molar-refractivity contribution in [2.24, 2.45) is 0 Å². The lowest BCUT2D eigenvalue weighted by molar-refractivity contribution is 0.0269. The smallest absolute Gasteiger partial charge is 0.147 e. The number of hydrogen-bond acceptors (Lipinski definition) is 5. The third-order valence-electron chi connectivity index (χ3n) is 4.03. The fourth-order valence-electron chi connectivity index (χ4n) is 2.85. The molecule has 0 fully saturated rings. The predicted octanol–water partition coefficient (Wildman–Crippen LogP) is 1.07. The van der Waals surface area contributed by atoms with Crippen LogP contribution >= 0.6 is 0 Å². The zero-order valence-electron chi connectivity index (χ0n) is 13.5. The van der Waals surface area contributed by atoms with Gasteiger partial charge in [-0.25, -0.2) is 9.67 Å². The lowest BCUT2D eigenvalue weighted by Crippen LogP contribution is -2.42. The van der Waals surface area contributed by atoms with Gasteiger partial charge >= 0.3 is 0 Å². The van der Waals surface area contributed by atoms with Crippen molar-refractivity contribution in [3.05, 3.63) is 47.5 Å². The molecule has 0 bridgehead atoms. The normalized spacial score (nSPS) is 18.6. The van der Waals surface area contributed by atoms with Gasteiger partial charge in [-0.05, 0) is 18.9 Å². The molecule has 1 aromatic heterocycles. The van der Waals surface area contributed by atoms with Crippen LogP contribution in [0.15, 0.2) is 30.3 Å². The average Bonchev–Trinajstić information content (AvgIpc) is 2.93. The van der Waals surface area contributed by atoms with Crippen LogP contribution in [0.5, 0.6) is 0 Å². The Morgan fingerprint density at radius 2 is 2.22 bits per heavy atom. The number of aliphatic hydroxyl groups excluding tert-OH is 1. The number of hydrogen-bond donors (Lipinski definition) is 2. The van der Waals surface area contributed by atoms with Gasteiger partial charge in [-0.2, -0.15) is 5.10 Å². The van der Waals surface area contributed by atoms with E-state index in [1.165, 1.54) is 0 Å². The number of nitrogens with zero attached hydrogens (tertiary/aromatic N) is 3. The molecule has 2 N–H and O–H groups in total. The van der Waals surface area contributed by atoms with Crippen molar-refractivity contribution in [1.29, 1.82) is 0 Å². The Morgan fingerprint density at radius 1 is 1.39 bits per heavy atom. The monoisotopic (exact) mass is 316 g/mol.